The molecule has 6 nitrogen and oxygen atoms in total. The Hall–Kier alpha value is -3.54. The zero-order valence-electron chi connectivity index (χ0n) is 16.2. The summed E-state index contributed by atoms with van der Waals surface area (Å²) in [5, 5.41) is 0. The standard InChI is InChI=1S/C22H21NO5/c1-14-20(22(25)28-4)19(12-15-8-10-17(26-2)11-9-15)21(24)23(14)16-6-5-7-18(13-16)27-3/h5-13H,1-4H3. The number of rotatable bonds is 5. The van der Waals surface area contributed by atoms with Gasteiger partial charge in [0.25, 0.3) is 5.91 Å². The van der Waals surface area contributed by atoms with Gasteiger partial charge in [-0.3, -0.25) is 9.69 Å². The Balaban J connectivity index is 2.10. The molecular formula is C22H21NO5. The molecule has 28 heavy (non-hydrogen) atoms. The van der Waals surface area contributed by atoms with Gasteiger partial charge in [-0.2, -0.15) is 0 Å². The van der Waals surface area contributed by atoms with E-state index in [4.69, 9.17) is 14.2 Å². The Labute approximate surface area is 163 Å². The van der Waals surface area contributed by atoms with Crippen molar-refractivity contribution in [3.63, 3.8) is 0 Å². The van der Waals surface area contributed by atoms with Crippen LogP contribution in [0, 0.1) is 0 Å². The number of methoxy groups -OCH3 is 3. The van der Waals surface area contributed by atoms with Gasteiger partial charge in [-0.25, -0.2) is 4.79 Å². The lowest BCUT2D eigenvalue weighted by molar-refractivity contribution is -0.136. The number of ether oxygens (including phenoxy) is 3. The van der Waals surface area contributed by atoms with Crippen LogP contribution in [0.3, 0.4) is 0 Å². The van der Waals surface area contributed by atoms with E-state index in [2.05, 4.69) is 0 Å². The van der Waals surface area contributed by atoms with Gasteiger partial charge < -0.3 is 14.2 Å². The predicted octanol–water partition coefficient (Wildman–Crippen LogP) is 3.58. The minimum atomic E-state index is -0.559. The van der Waals surface area contributed by atoms with E-state index < -0.39 is 5.97 Å². The average Bonchev–Trinajstić information content (AvgIpc) is 2.97. The Kier molecular flexibility index (Phi) is 5.49. The van der Waals surface area contributed by atoms with Crippen LogP contribution in [0.15, 0.2) is 65.4 Å². The van der Waals surface area contributed by atoms with Gasteiger partial charge in [0, 0.05) is 11.8 Å². The third-order valence-electron chi connectivity index (χ3n) is 4.53. The number of carbonyl (C=O) groups excluding carboxylic acids is 2. The molecule has 1 aliphatic heterocycles. The molecular weight excluding hydrogens is 358 g/mol. The van der Waals surface area contributed by atoms with Gasteiger partial charge in [-0.05, 0) is 42.8 Å². The van der Waals surface area contributed by atoms with Crippen LogP contribution < -0.4 is 14.4 Å². The second-order valence-electron chi connectivity index (χ2n) is 6.13. The van der Waals surface area contributed by atoms with Crippen LogP contribution >= 0.6 is 0 Å². The third-order valence-corrected chi connectivity index (χ3v) is 4.53. The van der Waals surface area contributed by atoms with Crippen molar-refractivity contribution in [2.24, 2.45) is 0 Å². The van der Waals surface area contributed by atoms with Crippen molar-refractivity contribution in [1.82, 2.24) is 0 Å². The van der Waals surface area contributed by atoms with Crippen LogP contribution in [0.1, 0.15) is 12.5 Å². The molecule has 0 radical (unpaired) electrons. The van der Waals surface area contributed by atoms with Crippen molar-refractivity contribution in [2.75, 3.05) is 26.2 Å². The van der Waals surface area contributed by atoms with Gasteiger partial charge in [-0.15, -0.1) is 0 Å². The molecule has 0 aliphatic carbocycles. The molecule has 1 heterocycles. The molecule has 0 saturated heterocycles. The largest absolute Gasteiger partial charge is 0.497 e. The van der Waals surface area contributed by atoms with Crippen molar-refractivity contribution in [2.45, 2.75) is 6.92 Å². The Morgan fingerprint density at radius 2 is 1.64 bits per heavy atom. The molecule has 1 amide bonds. The molecule has 0 aromatic heterocycles. The highest BCUT2D eigenvalue weighted by Gasteiger charge is 2.38. The van der Waals surface area contributed by atoms with Crippen molar-refractivity contribution in [3.8, 4) is 11.5 Å². The summed E-state index contributed by atoms with van der Waals surface area (Å²) in [5.41, 5.74) is 2.40. The summed E-state index contributed by atoms with van der Waals surface area (Å²) >= 11 is 0. The topological polar surface area (TPSA) is 65.1 Å². The van der Waals surface area contributed by atoms with Gasteiger partial charge in [0.1, 0.15) is 11.5 Å². The van der Waals surface area contributed by atoms with Crippen molar-refractivity contribution in [1.29, 1.82) is 0 Å². The monoisotopic (exact) mass is 379 g/mol. The molecule has 2 aromatic rings. The van der Waals surface area contributed by atoms with E-state index >= 15 is 0 Å². The fraction of sp³-hybridized carbons (Fsp3) is 0.182. The van der Waals surface area contributed by atoms with Crippen LogP contribution in [0.25, 0.3) is 6.08 Å². The normalized spacial score (nSPS) is 15.2. The molecule has 6 heteroatoms. The number of allylic oxidation sites excluding steroid dienone is 1. The van der Waals surface area contributed by atoms with Gasteiger partial charge in [-0.1, -0.05) is 18.2 Å². The van der Waals surface area contributed by atoms with Gasteiger partial charge in [0.2, 0.25) is 0 Å². The first-order valence-electron chi connectivity index (χ1n) is 8.64. The maximum absolute atomic E-state index is 13.2. The molecule has 2 aromatic carbocycles. The van der Waals surface area contributed by atoms with Crippen LogP contribution in [-0.4, -0.2) is 33.2 Å². The number of amides is 1. The van der Waals surface area contributed by atoms with E-state index in [1.54, 1.807) is 63.6 Å². The van der Waals surface area contributed by atoms with Crippen LogP contribution in [-0.2, 0) is 14.3 Å². The highest BCUT2D eigenvalue weighted by atomic mass is 16.5. The summed E-state index contributed by atoms with van der Waals surface area (Å²) in [4.78, 5) is 27.1. The fourth-order valence-corrected chi connectivity index (χ4v) is 3.11. The van der Waals surface area contributed by atoms with Crippen LogP contribution in [0.4, 0.5) is 5.69 Å². The summed E-state index contributed by atoms with van der Waals surface area (Å²) in [5.74, 6) is 0.459. The first-order chi connectivity index (χ1) is 13.5. The zero-order valence-corrected chi connectivity index (χ0v) is 16.2. The number of anilines is 1. The zero-order chi connectivity index (χ0) is 20.3. The molecule has 0 N–H and O–H groups in total. The summed E-state index contributed by atoms with van der Waals surface area (Å²) in [7, 11) is 4.44. The average molecular weight is 379 g/mol. The maximum atomic E-state index is 13.2. The van der Waals surface area contributed by atoms with Gasteiger partial charge in [0.15, 0.2) is 0 Å². The second kappa shape index (κ2) is 8.00. The molecule has 0 atom stereocenters. The van der Waals surface area contributed by atoms with Gasteiger partial charge >= 0.3 is 5.97 Å². The quantitative estimate of drug-likeness (QED) is 0.587. The number of esters is 1. The third kappa shape index (κ3) is 3.49. The summed E-state index contributed by atoms with van der Waals surface area (Å²) in [6.07, 6.45) is 1.68. The molecule has 144 valence electrons. The minimum absolute atomic E-state index is 0.242. The highest BCUT2D eigenvalue weighted by Crippen LogP contribution is 2.36. The minimum Gasteiger partial charge on any atom is -0.497 e. The van der Waals surface area contributed by atoms with Crippen LogP contribution in [0.5, 0.6) is 11.5 Å². The molecule has 1 aliphatic rings. The maximum Gasteiger partial charge on any atom is 0.340 e. The first kappa shape index (κ1) is 19.2. The van der Waals surface area contributed by atoms with E-state index in [1.807, 2.05) is 12.1 Å². The number of carbonyl (C=O) groups is 2. The molecule has 0 saturated carbocycles. The fourth-order valence-electron chi connectivity index (χ4n) is 3.11. The summed E-state index contributed by atoms with van der Waals surface area (Å²) < 4.78 is 15.3. The van der Waals surface area contributed by atoms with Gasteiger partial charge in [0.05, 0.1) is 38.2 Å². The number of benzene rings is 2. The summed E-state index contributed by atoms with van der Waals surface area (Å²) in [6.45, 7) is 1.72. The first-order valence-corrected chi connectivity index (χ1v) is 8.64. The van der Waals surface area contributed by atoms with E-state index in [-0.39, 0.29) is 17.1 Å². The van der Waals surface area contributed by atoms with Crippen molar-refractivity contribution in [3.05, 3.63) is 70.9 Å². The van der Waals surface area contributed by atoms with E-state index in [9.17, 15) is 9.59 Å². The van der Waals surface area contributed by atoms with Crippen molar-refractivity contribution >= 4 is 23.6 Å². The smallest absolute Gasteiger partial charge is 0.340 e. The Morgan fingerprint density at radius 1 is 0.964 bits per heavy atom. The lowest BCUT2D eigenvalue weighted by Gasteiger charge is -2.18. The lowest BCUT2D eigenvalue weighted by atomic mass is 10.0. The molecule has 0 bridgehead atoms. The number of hydrogen-bond donors (Lipinski definition) is 0. The number of nitrogens with zero attached hydrogens (tertiary/aromatic N) is 1. The lowest BCUT2D eigenvalue weighted by Crippen LogP contribution is -2.24. The SMILES string of the molecule is COC(=O)C1=C(C)N(c2cccc(OC)c2)C(=O)C1=Cc1ccc(OC)cc1. The summed E-state index contributed by atoms with van der Waals surface area (Å²) in [6, 6.07) is 14.3. The molecule has 0 spiro atoms. The Morgan fingerprint density at radius 3 is 2.25 bits per heavy atom. The molecule has 0 unspecified atom stereocenters. The highest BCUT2D eigenvalue weighted by molar-refractivity contribution is 6.23. The predicted molar refractivity (Wildman–Crippen MR) is 106 cm³/mol. The van der Waals surface area contributed by atoms with E-state index in [1.165, 1.54) is 12.0 Å². The Bertz CT molecular complexity index is 973. The van der Waals surface area contributed by atoms with E-state index in [0.717, 1.165) is 5.56 Å². The van der Waals surface area contributed by atoms with Crippen molar-refractivity contribution < 1.29 is 23.8 Å². The molecule has 3 rings (SSSR count). The van der Waals surface area contributed by atoms with Crippen LogP contribution in [0.2, 0.25) is 0 Å². The number of hydrogen-bond acceptors (Lipinski definition) is 5. The molecule has 0 fully saturated rings. The second-order valence-corrected chi connectivity index (χ2v) is 6.13. The van der Waals surface area contributed by atoms with E-state index in [0.29, 0.717) is 22.9 Å².